The number of ether oxygens (including phenoxy) is 2. The molecular formula is C28H31ClN2O4. The van der Waals surface area contributed by atoms with Gasteiger partial charge in [-0.2, -0.15) is 0 Å². The summed E-state index contributed by atoms with van der Waals surface area (Å²) >= 11 is 5.98. The Bertz CT molecular complexity index is 1100. The molecule has 3 rings (SSSR count). The van der Waals surface area contributed by atoms with Gasteiger partial charge in [-0.3, -0.25) is 9.59 Å². The van der Waals surface area contributed by atoms with E-state index in [-0.39, 0.29) is 18.2 Å². The van der Waals surface area contributed by atoms with Gasteiger partial charge in [0.1, 0.15) is 17.5 Å². The van der Waals surface area contributed by atoms with Gasteiger partial charge in [-0.05, 0) is 66.4 Å². The molecule has 0 aliphatic rings. The Morgan fingerprint density at radius 3 is 1.89 bits per heavy atom. The largest absolute Gasteiger partial charge is 0.497 e. The first-order valence-electron chi connectivity index (χ1n) is 11.5. The Balaban J connectivity index is 1.67. The van der Waals surface area contributed by atoms with Crippen molar-refractivity contribution in [2.45, 2.75) is 32.4 Å². The molecule has 35 heavy (non-hydrogen) atoms. The molecule has 1 N–H and O–H groups in total. The molecule has 0 aromatic heterocycles. The van der Waals surface area contributed by atoms with Gasteiger partial charge in [0.25, 0.3) is 0 Å². The minimum Gasteiger partial charge on any atom is -0.497 e. The molecule has 0 spiro atoms. The summed E-state index contributed by atoms with van der Waals surface area (Å²) in [7, 11) is 3.23. The predicted molar refractivity (Wildman–Crippen MR) is 138 cm³/mol. The lowest BCUT2D eigenvalue weighted by molar-refractivity contribution is -0.140. The van der Waals surface area contributed by atoms with Gasteiger partial charge in [0.2, 0.25) is 11.8 Å². The van der Waals surface area contributed by atoms with Crippen molar-refractivity contribution >= 4 is 23.4 Å². The maximum Gasteiger partial charge on any atom is 0.242 e. The van der Waals surface area contributed by atoms with E-state index in [1.807, 2.05) is 60.7 Å². The fourth-order valence-corrected chi connectivity index (χ4v) is 3.78. The summed E-state index contributed by atoms with van der Waals surface area (Å²) in [6, 6.07) is 21.7. The Morgan fingerprint density at radius 2 is 1.34 bits per heavy atom. The van der Waals surface area contributed by atoms with E-state index in [2.05, 4.69) is 5.32 Å². The second-order valence-corrected chi connectivity index (χ2v) is 8.67. The third-order valence-corrected chi connectivity index (χ3v) is 6.07. The SMILES string of the molecule is COc1ccc(CCNC(=O)C(C)N(Cc2ccc(OC)cc2)C(=O)Cc2ccc(Cl)cc2)cc1. The number of rotatable bonds is 11. The summed E-state index contributed by atoms with van der Waals surface area (Å²) in [5, 5.41) is 3.58. The second-order valence-electron chi connectivity index (χ2n) is 8.24. The molecule has 0 fully saturated rings. The third kappa shape index (κ3) is 7.76. The first kappa shape index (κ1) is 26.1. The maximum absolute atomic E-state index is 13.3. The number of halogens is 1. The van der Waals surface area contributed by atoms with Crippen LogP contribution in [0, 0.1) is 0 Å². The molecule has 7 heteroatoms. The highest BCUT2D eigenvalue weighted by Gasteiger charge is 2.26. The minimum atomic E-state index is -0.646. The zero-order valence-electron chi connectivity index (χ0n) is 20.3. The highest BCUT2D eigenvalue weighted by atomic mass is 35.5. The highest BCUT2D eigenvalue weighted by molar-refractivity contribution is 6.30. The normalized spacial score (nSPS) is 11.4. The summed E-state index contributed by atoms with van der Waals surface area (Å²) in [5.41, 5.74) is 2.84. The van der Waals surface area contributed by atoms with Gasteiger partial charge in [0, 0.05) is 18.1 Å². The molecule has 3 aromatic carbocycles. The van der Waals surface area contributed by atoms with Crippen molar-refractivity contribution in [1.29, 1.82) is 0 Å². The fourth-order valence-electron chi connectivity index (χ4n) is 3.66. The summed E-state index contributed by atoms with van der Waals surface area (Å²) in [6.07, 6.45) is 0.858. The fraction of sp³-hybridized carbons (Fsp3) is 0.286. The lowest BCUT2D eigenvalue weighted by atomic mass is 10.1. The van der Waals surface area contributed by atoms with Crippen LogP contribution in [0.3, 0.4) is 0 Å². The summed E-state index contributed by atoms with van der Waals surface area (Å²) in [5.74, 6) is 1.19. The van der Waals surface area contributed by atoms with Crippen LogP contribution in [0.5, 0.6) is 11.5 Å². The van der Waals surface area contributed by atoms with Crippen LogP contribution in [0.4, 0.5) is 0 Å². The molecule has 3 aromatic rings. The molecule has 0 aliphatic carbocycles. The van der Waals surface area contributed by atoms with Crippen LogP contribution in [-0.2, 0) is 29.0 Å². The smallest absolute Gasteiger partial charge is 0.242 e. The number of amides is 2. The van der Waals surface area contributed by atoms with Crippen LogP contribution in [0.2, 0.25) is 5.02 Å². The van der Waals surface area contributed by atoms with Gasteiger partial charge < -0.3 is 19.7 Å². The van der Waals surface area contributed by atoms with E-state index in [9.17, 15) is 9.59 Å². The van der Waals surface area contributed by atoms with Crippen molar-refractivity contribution in [3.05, 3.63) is 94.5 Å². The molecule has 0 heterocycles. The molecular weight excluding hydrogens is 464 g/mol. The van der Waals surface area contributed by atoms with Crippen LogP contribution in [0.1, 0.15) is 23.6 Å². The summed E-state index contributed by atoms with van der Waals surface area (Å²) < 4.78 is 10.4. The Morgan fingerprint density at radius 1 is 0.829 bits per heavy atom. The highest BCUT2D eigenvalue weighted by Crippen LogP contribution is 2.17. The van der Waals surface area contributed by atoms with Crippen LogP contribution in [-0.4, -0.2) is 43.5 Å². The topological polar surface area (TPSA) is 67.9 Å². The first-order chi connectivity index (χ1) is 16.9. The molecule has 1 unspecified atom stereocenters. The number of carbonyl (C=O) groups is 2. The number of carbonyl (C=O) groups excluding carboxylic acids is 2. The molecule has 6 nitrogen and oxygen atoms in total. The van der Waals surface area contributed by atoms with Gasteiger partial charge >= 0.3 is 0 Å². The standard InChI is InChI=1S/C28H31ClN2O4/c1-20(28(33)30-17-16-21-6-12-25(34-2)13-7-21)31(19-23-8-14-26(35-3)15-9-23)27(32)18-22-4-10-24(29)11-5-22/h4-15,20H,16-19H2,1-3H3,(H,30,33). The van der Waals surface area contributed by atoms with Crippen molar-refractivity contribution in [2.75, 3.05) is 20.8 Å². The average molecular weight is 495 g/mol. The molecule has 2 amide bonds. The lowest BCUT2D eigenvalue weighted by Gasteiger charge is -2.29. The second kappa shape index (κ2) is 12.8. The molecule has 184 valence electrons. The first-order valence-corrected chi connectivity index (χ1v) is 11.8. The predicted octanol–water partition coefficient (Wildman–Crippen LogP) is 4.68. The van der Waals surface area contributed by atoms with Gasteiger partial charge in [-0.15, -0.1) is 0 Å². The Kier molecular flexibility index (Phi) is 9.56. The summed E-state index contributed by atoms with van der Waals surface area (Å²) in [6.45, 7) is 2.53. The van der Waals surface area contributed by atoms with Crippen molar-refractivity contribution < 1.29 is 19.1 Å². The number of nitrogens with zero attached hydrogens (tertiary/aromatic N) is 1. The van der Waals surface area contributed by atoms with Gasteiger partial charge in [0.15, 0.2) is 0 Å². The number of methoxy groups -OCH3 is 2. The maximum atomic E-state index is 13.3. The summed E-state index contributed by atoms with van der Waals surface area (Å²) in [4.78, 5) is 27.9. The van der Waals surface area contributed by atoms with Crippen molar-refractivity contribution in [3.8, 4) is 11.5 Å². The van der Waals surface area contributed by atoms with Crippen LogP contribution >= 0.6 is 11.6 Å². The third-order valence-electron chi connectivity index (χ3n) is 5.82. The molecule has 0 bridgehead atoms. The molecule has 0 radical (unpaired) electrons. The Labute approximate surface area is 211 Å². The van der Waals surface area contributed by atoms with E-state index in [0.29, 0.717) is 24.5 Å². The Hall–Kier alpha value is -3.51. The van der Waals surface area contributed by atoms with Crippen molar-refractivity contribution in [1.82, 2.24) is 10.2 Å². The van der Waals surface area contributed by atoms with Gasteiger partial charge in [-0.25, -0.2) is 0 Å². The van der Waals surface area contributed by atoms with E-state index in [0.717, 1.165) is 28.2 Å². The number of hydrogen-bond acceptors (Lipinski definition) is 4. The minimum absolute atomic E-state index is 0.138. The van der Waals surface area contributed by atoms with E-state index in [4.69, 9.17) is 21.1 Å². The average Bonchev–Trinajstić information content (AvgIpc) is 2.88. The van der Waals surface area contributed by atoms with E-state index >= 15 is 0 Å². The number of nitrogens with one attached hydrogen (secondary N) is 1. The van der Waals surface area contributed by atoms with Gasteiger partial charge in [0.05, 0.1) is 20.6 Å². The zero-order valence-corrected chi connectivity index (χ0v) is 21.0. The number of benzene rings is 3. The lowest BCUT2D eigenvalue weighted by Crippen LogP contribution is -2.48. The molecule has 0 saturated carbocycles. The van der Waals surface area contributed by atoms with Crippen molar-refractivity contribution in [3.63, 3.8) is 0 Å². The molecule has 0 aliphatic heterocycles. The molecule has 1 atom stereocenters. The van der Waals surface area contributed by atoms with E-state index < -0.39 is 6.04 Å². The molecule has 0 saturated heterocycles. The quantitative estimate of drug-likeness (QED) is 0.420. The van der Waals surface area contributed by atoms with Crippen LogP contribution in [0.15, 0.2) is 72.8 Å². The zero-order chi connectivity index (χ0) is 25.2. The van der Waals surface area contributed by atoms with E-state index in [1.165, 1.54) is 0 Å². The van der Waals surface area contributed by atoms with Gasteiger partial charge in [-0.1, -0.05) is 48.0 Å². The van der Waals surface area contributed by atoms with Crippen LogP contribution < -0.4 is 14.8 Å². The van der Waals surface area contributed by atoms with Crippen LogP contribution in [0.25, 0.3) is 0 Å². The van der Waals surface area contributed by atoms with E-state index in [1.54, 1.807) is 38.2 Å². The number of hydrogen-bond donors (Lipinski definition) is 1. The monoisotopic (exact) mass is 494 g/mol. The van der Waals surface area contributed by atoms with Crippen molar-refractivity contribution in [2.24, 2.45) is 0 Å².